The number of hydrogen-bond acceptors (Lipinski definition) is 5. The Balaban J connectivity index is 2.22. The number of rotatable bonds is 5. The van der Waals surface area contributed by atoms with E-state index in [1.54, 1.807) is 11.3 Å². The Bertz CT molecular complexity index is 527. The average molecular weight is 341 g/mol. The van der Waals surface area contributed by atoms with Gasteiger partial charge in [0.1, 0.15) is 21.3 Å². The molecule has 19 heavy (non-hydrogen) atoms. The van der Waals surface area contributed by atoms with Crippen LogP contribution in [0.1, 0.15) is 50.0 Å². The van der Waals surface area contributed by atoms with Crippen molar-refractivity contribution in [2.75, 3.05) is 5.32 Å². The molecule has 0 radical (unpaired) electrons. The van der Waals surface area contributed by atoms with Crippen molar-refractivity contribution in [1.29, 1.82) is 0 Å². The topological polar surface area (TPSA) is 50.7 Å². The van der Waals surface area contributed by atoms with Gasteiger partial charge in [0.25, 0.3) is 0 Å². The number of nitrogens with zero attached hydrogens (tertiary/aromatic N) is 3. The first-order valence-electron chi connectivity index (χ1n) is 6.30. The molecular formula is C13H17BrN4S. The van der Waals surface area contributed by atoms with Crippen LogP contribution in [0.2, 0.25) is 0 Å². The number of hydrogen-bond donors (Lipinski definition) is 1. The molecule has 0 aliphatic rings. The molecule has 1 atom stereocenters. The first kappa shape index (κ1) is 14.4. The van der Waals surface area contributed by atoms with Crippen LogP contribution in [0, 0.1) is 0 Å². The number of anilines is 1. The van der Waals surface area contributed by atoms with Gasteiger partial charge in [0.05, 0.1) is 6.04 Å². The summed E-state index contributed by atoms with van der Waals surface area (Å²) < 4.78 is 0.808. The zero-order valence-electron chi connectivity index (χ0n) is 11.2. The van der Waals surface area contributed by atoms with Crippen LogP contribution in [0.4, 0.5) is 5.82 Å². The van der Waals surface area contributed by atoms with E-state index in [0.717, 1.165) is 27.7 Å². The summed E-state index contributed by atoms with van der Waals surface area (Å²) in [6.07, 6.45) is 2.80. The molecule has 0 fully saturated rings. The van der Waals surface area contributed by atoms with Crippen molar-refractivity contribution < 1.29 is 0 Å². The van der Waals surface area contributed by atoms with Gasteiger partial charge in [-0.2, -0.15) is 0 Å². The molecule has 1 unspecified atom stereocenters. The quantitative estimate of drug-likeness (QED) is 0.820. The molecule has 0 amide bonds. The third-order valence-electron chi connectivity index (χ3n) is 2.71. The maximum Gasteiger partial charge on any atom is 0.134 e. The zero-order chi connectivity index (χ0) is 13.8. The van der Waals surface area contributed by atoms with Gasteiger partial charge in [0.15, 0.2) is 0 Å². The maximum absolute atomic E-state index is 4.56. The minimum atomic E-state index is 0.196. The average Bonchev–Trinajstić information content (AvgIpc) is 2.89. The summed E-state index contributed by atoms with van der Waals surface area (Å²) in [7, 11) is 0. The van der Waals surface area contributed by atoms with E-state index in [-0.39, 0.29) is 6.04 Å². The minimum Gasteiger partial charge on any atom is -0.361 e. The molecule has 2 aromatic rings. The van der Waals surface area contributed by atoms with E-state index in [1.165, 1.54) is 0 Å². The van der Waals surface area contributed by atoms with Gasteiger partial charge in [0, 0.05) is 23.6 Å². The molecule has 0 spiro atoms. The predicted octanol–water partition coefficient (Wildman–Crippen LogP) is 4.38. The van der Waals surface area contributed by atoms with Gasteiger partial charge in [-0.05, 0) is 22.4 Å². The first-order chi connectivity index (χ1) is 9.10. The van der Waals surface area contributed by atoms with E-state index in [9.17, 15) is 0 Å². The highest BCUT2D eigenvalue weighted by molar-refractivity contribution is 9.10. The monoisotopic (exact) mass is 340 g/mol. The largest absolute Gasteiger partial charge is 0.361 e. The summed E-state index contributed by atoms with van der Waals surface area (Å²) in [5.41, 5.74) is 0. The molecule has 0 aliphatic carbocycles. The van der Waals surface area contributed by atoms with Gasteiger partial charge in [-0.1, -0.05) is 20.8 Å². The molecule has 2 heterocycles. The molecule has 1 N–H and O–H groups in total. The number of aromatic nitrogens is 3. The summed E-state index contributed by atoms with van der Waals surface area (Å²) in [5.74, 6) is 1.98. The number of thiazole rings is 1. The third-order valence-corrected chi connectivity index (χ3v) is 4.00. The van der Waals surface area contributed by atoms with Crippen LogP contribution in [0.3, 0.4) is 0 Å². The fourth-order valence-electron chi connectivity index (χ4n) is 1.69. The Morgan fingerprint density at radius 1 is 1.37 bits per heavy atom. The molecule has 102 valence electrons. The normalized spacial score (nSPS) is 12.7. The first-order valence-corrected chi connectivity index (χ1v) is 7.97. The van der Waals surface area contributed by atoms with Gasteiger partial charge in [-0.25, -0.2) is 15.0 Å². The van der Waals surface area contributed by atoms with Crippen LogP contribution >= 0.6 is 27.3 Å². The SMILES string of the molecule is CCC(Nc1cc(Br)nc(C(C)C)n1)c1nccs1. The molecule has 0 saturated carbocycles. The van der Waals surface area contributed by atoms with Crippen molar-refractivity contribution >= 4 is 33.1 Å². The van der Waals surface area contributed by atoms with Crippen molar-refractivity contribution in [3.8, 4) is 0 Å². The highest BCUT2D eigenvalue weighted by Crippen LogP contribution is 2.25. The molecule has 4 nitrogen and oxygen atoms in total. The van der Waals surface area contributed by atoms with Gasteiger partial charge in [-0.3, -0.25) is 0 Å². The standard InChI is InChI=1S/C13H17BrN4S/c1-4-9(13-15-5-6-19-13)16-11-7-10(14)17-12(18-11)8(2)3/h5-9H,4H2,1-3H3,(H,16,17,18). The molecule has 0 aromatic carbocycles. The highest BCUT2D eigenvalue weighted by Gasteiger charge is 2.14. The Kier molecular flexibility index (Phi) is 4.87. The van der Waals surface area contributed by atoms with Crippen LogP contribution in [-0.2, 0) is 0 Å². The minimum absolute atomic E-state index is 0.196. The lowest BCUT2D eigenvalue weighted by atomic mass is 10.2. The smallest absolute Gasteiger partial charge is 0.134 e. The molecular weight excluding hydrogens is 324 g/mol. The van der Waals surface area contributed by atoms with E-state index in [4.69, 9.17) is 0 Å². The van der Waals surface area contributed by atoms with Crippen molar-refractivity contribution in [3.05, 3.63) is 33.1 Å². The summed E-state index contributed by atoms with van der Waals surface area (Å²) in [4.78, 5) is 13.3. The van der Waals surface area contributed by atoms with E-state index >= 15 is 0 Å². The van der Waals surface area contributed by atoms with Crippen LogP contribution in [0.15, 0.2) is 22.2 Å². The summed E-state index contributed by atoms with van der Waals surface area (Å²) >= 11 is 5.10. The lowest BCUT2D eigenvalue weighted by Crippen LogP contribution is -2.12. The van der Waals surface area contributed by atoms with E-state index in [1.807, 2.05) is 17.6 Å². The van der Waals surface area contributed by atoms with Crippen LogP contribution in [0.25, 0.3) is 0 Å². The van der Waals surface area contributed by atoms with Crippen molar-refractivity contribution in [2.45, 2.75) is 39.2 Å². The molecule has 2 aromatic heterocycles. The predicted molar refractivity (Wildman–Crippen MR) is 82.6 cm³/mol. The van der Waals surface area contributed by atoms with E-state index < -0.39 is 0 Å². The summed E-state index contributed by atoms with van der Waals surface area (Å²) in [6, 6.07) is 2.10. The number of halogens is 1. The Morgan fingerprint density at radius 2 is 2.16 bits per heavy atom. The fraction of sp³-hybridized carbons (Fsp3) is 0.462. The van der Waals surface area contributed by atoms with Crippen molar-refractivity contribution in [1.82, 2.24) is 15.0 Å². The molecule has 6 heteroatoms. The molecule has 0 bridgehead atoms. The molecule has 2 rings (SSSR count). The lowest BCUT2D eigenvalue weighted by molar-refractivity contribution is 0.724. The Morgan fingerprint density at radius 3 is 2.74 bits per heavy atom. The van der Waals surface area contributed by atoms with Crippen LogP contribution in [0.5, 0.6) is 0 Å². The summed E-state index contributed by atoms with van der Waals surface area (Å²) in [5, 5.41) is 6.52. The lowest BCUT2D eigenvalue weighted by Gasteiger charge is -2.16. The van der Waals surface area contributed by atoms with E-state index in [0.29, 0.717) is 5.92 Å². The molecule has 0 saturated heterocycles. The van der Waals surface area contributed by atoms with Crippen LogP contribution in [-0.4, -0.2) is 15.0 Å². The maximum atomic E-state index is 4.56. The van der Waals surface area contributed by atoms with Gasteiger partial charge in [0.2, 0.25) is 0 Å². The van der Waals surface area contributed by atoms with Crippen molar-refractivity contribution in [3.63, 3.8) is 0 Å². The number of nitrogens with one attached hydrogen (secondary N) is 1. The second-order valence-electron chi connectivity index (χ2n) is 4.56. The second kappa shape index (κ2) is 6.43. The Labute approximate surface area is 125 Å². The third kappa shape index (κ3) is 3.73. The Hall–Kier alpha value is -1.01. The second-order valence-corrected chi connectivity index (χ2v) is 6.30. The zero-order valence-corrected chi connectivity index (χ0v) is 13.6. The van der Waals surface area contributed by atoms with Crippen molar-refractivity contribution in [2.24, 2.45) is 0 Å². The van der Waals surface area contributed by atoms with Gasteiger partial charge < -0.3 is 5.32 Å². The van der Waals surface area contributed by atoms with E-state index in [2.05, 4.69) is 57.0 Å². The van der Waals surface area contributed by atoms with Crippen LogP contribution < -0.4 is 5.32 Å². The van der Waals surface area contributed by atoms with Gasteiger partial charge >= 0.3 is 0 Å². The molecule has 0 aliphatic heterocycles. The highest BCUT2D eigenvalue weighted by atomic mass is 79.9. The summed E-state index contributed by atoms with van der Waals surface area (Å²) in [6.45, 7) is 6.31. The fourth-order valence-corrected chi connectivity index (χ4v) is 2.86. The van der Waals surface area contributed by atoms with Gasteiger partial charge in [-0.15, -0.1) is 11.3 Å².